The average Bonchev–Trinajstić information content (AvgIpc) is 2.94. The summed E-state index contributed by atoms with van der Waals surface area (Å²) in [6, 6.07) is 6.22. The topological polar surface area (TPSA) is 86.2 Å². The van der Waals surface area contributed by atoms with E-state index in [0.29, 0.717) is 5.76 Å². The van der Waals surface area contributed by atoms with E-state index in [1.54, 1.807) is 6.07 Å². The van der Waals surface area contributed by atoms with Crippen LogP contribution < -0.4 is 0 Å². The first-order chi connectivity index (χ1) is 10.6. The summed E-state index contributed by atoms with van der Waals surface area (Å²) in [6.45, 7) is 9.70. The number of hydrogen-bond acceptors (Lipinski definition) is 5. The molecular weight excluding hydrogens is 296 g/mol. The molecule has 2 aromatic rings. The van der Waals surface area contributed by atoms with Crippen LogP contribution in [0.4, 0.5) is 5.69 Å². The lowest BCUT2D eigenvalue weighted by atomic mass is 9.85. The number of carbonyl (C=O) groups is 1. The Labute approximate surface area is 134 Å². The summed E-state index contributed by atoms with van der Waals surface area (Å²) in [6.07, 6.45) is 0. The van der Waals surface area contributed by atoms with Gasteiger partial charge in [0.15, 0.2) is 5.69 Å². The third-order valence-electron chi connectivity index (χ3n) is 3.64. The molecule has 2 rings (SSSR count). The molecule has 6 heteroatoms. The fourth-order valence-corrected chi connectivity index (χ4v) is 2.15. The van der Waals surface area contributed by atoms with Gasteiger partial charge in [0.25, 0.3) is 5.69 Å². The molecule has 0 amide bonds. The van der Waals surface area contributed by atoms with Gasteiger partial charge in [0, 0.05) is 18.1 Å². The highest BCUT2D eigenvalue weighted by atomic mass is 16.6. The number of rotatable bonds is 4. The highest BCUT2D eigenvalue weighted by Gasteiger charge is 2.27. The van der Waals surface area contributed by atoms with Gasteiger partial charge in [-0.1, -0.05) is 45.8 Å². The molecule has 0 radical (unpaired) electrons. The summed E-state index contributed by atoms with van der Waals surface area (Å²) < 4.78 is 5.11. The summed E-state index contributed by atoms with van der Waals surface area (Å²) in [5.41, 5.74) is 0.442. The van der Waals surface area contributed by atoms with Gasteiger partial charge >= 0.3 is 0 Å². The molecule has 0 saturated heterocycles. The fourth-order valence-electron chi connectivity index (χ4n) is 2.15. The van der Waals surface area contributed by atoms with Crippen LogP contribution in [0, 0.1) is 10.1 Å². The number of carbonyl (C=O) groups excluding carboxylic acids is 1. The lowest BCUT2D eigenvalue weighted by Crippen LogP contribution is -2.13. The smallest absolute Gasteiger partial charge is 0.280 e. The zero-order valence-corrected chi connectivity index (χ0v) is 13.9. The summed E-state index contributed by atoms with van der Waals surface area (Å²) in [5, 5.41) is 15.1. The third-order valence-corrected chi connectivity index (χ3v) is 3.64. The summed E-state index contributed by atoms with van der Waals surface area (Å²) >= 11 is 0. The standard InChI is InChI=1S/C17H20N2O4/c1-10(2)15-9-13(18-23-15)16(20)12-7-6-11(17(3,4)5)8-14(12)19(21)22/h6-10H,1-5H3. The Morgan fingerprint density at radius 2 is 1.91 bits per heavy atom. The molecule has 0 spiro atoms. The Balaban J connectivity index is 2.49. The molecule has 0 N–H and O–H groups in total. The van der Waals surface area contributed by atoms with Gasteiger partial charge in [-0.05, 0) is 17.0 Å². The molecule has 122 valence electrons. The largest absolute Gasteiger partial charge is 0.360 e. The highest BCUT2D eigenvalue weighted by Crippen LogP contribution is 2.30. The highest BCUT2D eigenvalue weighted by molar-refractivity contribution is 6.10. The maximum atomic E-state index is 12.5. The molecule has 6 nitrogen and oxygen atoms in total. The van der Waals surface area contributed by atoms with Gasteiger partial charge in [-0.3, -0.25) is 14.9 Å². The van der Waals surface area contributed by atoms with E-state index in [1.807, 2.05) is 34.6 Å². The minimum absolute atomic E-state index is 0.0200. The zero-order chi connectivity index (χ0) is 17.4. The maximum absolute atomic E-state index is 12.5. The molecule has 0 unspecified atom stereocenters. The van der Waals surface area contributed by atoms with Crippen LogP contribution in [0.5, 0.6) is 0 Å². The summed E-state index contributed by atoms with van der Waals surface area (Å²) in [5.74, 6) is 0.150. The Hall–Kier alpha value is -2.50. The second kappa shape index (κ2) is 5.95. The second-order valence-electron chi connectivity index (χ2n) is 6.84. The molecule has 0 aliphatic heterocycles. The van der Waals surface area contributed by atoms with Crippen LogP contribution in [0.2, 0.25) is 0 Å². The van der Waals surface area contributed by atoms with Crippen LogP contribution in [0.1, 0.15) is 67.9 Å². The Morgan fingerprint density at radius 1 is 1.26 bits per heavy atom. The summed E-state index contributed by atoms with van der Waals surface area (Å²) in [7, 11) is 0. The van der Waals surface area contributed by atoms with E-state index < -0.39 is 10.7 Å². The van der Waals surface area contributed by atoms with Crippen LogP contribution in [0.15, 0.2) is 28.8 Å². The van der Waals surface area contributed by atoms with Crippen LogP contribution in [0.25, 0.3) is 0 Å². The summed E-state index contributed by atoms with van der Waals surface area (Å²) in [4.78, 5) is 23.4. The van der Waals surface area contributed by atoms with Crippen molar-refractivity contribution in [2.75, 3.05) is 0 Å². The fraction of sp³-hybridized carbons (Fsp3) is 0.412. The number of nitrogens with zero attached hydrogens (tertiary/aromatic N) is 2. The molecule has 0 fully saturated rings. The van der Waals surface area contributed by atoms with Crippen molar-refractivity contribution in [2.24, 2.45) is 0 Å². The number of ketones is 1. The first-order valence-corrected chi connectivity index (χ1v) is 7.41. The first-order valence-electron chi connectivity index (χ1n) is 7.41. The molecule has 0 aliphatic carbocycles. The van der Waals surface area contributed by atoms with Crippen molar-refractivity contribution < 1.29 is 14.2 Å². The first kappa shape index (κ1) is 16.9. The van der Waals surface area contributed by atoms with Gasteiger partial charge in [-0.2, -0.15) is 0 Å². The Bertz CT molecular complexity index is 754. The van der Waals surface area contributed by atoms with Gasteiger partial charge in [0.05, 0.1) is 4.92 Å². The normalized spacial score (nSPS) is 11.7. The lowest BCUT2D eigenvalue weighted by molar-refractivity contribution is -0.385. The van der Waals surface area contributed by atoms with E-state index in [0.717, 1.165) is 5.56 Å². The predicted octanol–water partition coefficient (Wildman–Crippen LogP) is 4.23. The minimum Gasteiger partial charge on any atom is -0.360 e. The number of aromatic nitrogens is 1. The molecule has 0 atom stereocenters. The van der Waals surface area contributed by atoms with E-state index in [4.69, 9.17) is 4.52 Å². The van der Waals surface area contributed by atoms with Crippen molar-refractivity contribution in [1.82, 2.24) is 5.16 Å². The van der Waals surface area contributed by atoms with Crippen molar-refractivity contribution in [3.8, 4) is 0 Å². The minimum atomic E-state index is -0.536. The van der Waals surface area contributed by atoms with Crippen molar-refractivity contribution >= 4 is 11.5 Å². The van der Waals surface area contributed by atoms with E-state index in [2.05, 4.69) is 5.16 Å². The van der Waals surface area contributed by atoms with Crippen LogP contribution >= 0.6 is 0 Å². The average molecular weight is 316 g/mol. The van der Waals surface area contributed by atoms with Gasteiger partial charge in [0.1, 0.15) is 11.3 Å². The molecule has 0 saturated carbocycles. The molecule has 0 bridgehead atoms. The second-order valence-corrected chi connectivity index (χ2v) is 6.84. The molecule has 1 heterocycles. The number of nitro benzene ring substituents is 1. The number of nitro groups is 1. The number of benzene rings is 1. The van der Waals surface area contributed by atoms with E-state index in [1.165, 1.54) is 18.2 Å². The van der Waals surface area contributed by atoms with Crippen LogP contribution in [-0.4, -0.2) is 15.9 Å². The molecule has 1 aromatic carbocycles. The lowest BCUT2D eigenvalue weighted by Gasteiger charge is -2.18. The molecule has 0 aliphatic rings. The van der Waals surface area contributed by atoms with Crippen LogP contribution in [-0.2, 0) is 5.41 Å². The number of hydrogen-bond donors (Lipinski definition) is 0. The van der Waals surface area contributed by atoms with Crippen LogP contribution in [0.3, 0.4) is 0 Å². The Kier molecular flexibility index (Phi) is 4.36. The zero-order valence-electron chi connectivity index (χ0n) is 13.9. The van der Waals surface area contributed by atoms with Crippen molar-refractivity contribution in [1.29, 1.82) is 0 Å². The molecule has 1 aromatic heterocycles. The van der Waals surface area contributed by atoms with Gasteiger partial charge in [0.2, 0.25) is 5.78 Å². The van der Waals surface area contributed by atoms with Crippen molar-refractivity contribution in [2.45, 2.75) is 46.0 Å². The van der Waals surface area contributed by atoms with E-state index in [9.17, 15) is 14.9 Å². The predicted molar refractivity (Wildman–Crippen MR) is 85.8 cm³/mol. The quantitative estimate of drug-likeness (QED) is 0.478. The molecular formula is C17H20N2O4. The Morgan fingerprint density at radius 3 is 2.39 bits per heavy atom. The van der Waals surface area contributed by atoms with Gasteiger partial charge in [-0.15, -0.1) is 0 Å². The monoisotopic (exact) mass is 316 g/mol. The van der Waals surface area contributed by atoms with Crippen molar-refractivity contribution in [3.05, 3.63) is 57.0 Å². The van der Waals surface area contributed by atoms with Gasteiger partial charge in [-0.25, -0.2) is 0 Å². The van der Waals surface area contributed by atoms with E-state index >= 15 is 0 Å². The maximum Gasteiger partial charge on any atom is 0.280 e. The van der Waals surface area contributed by atoms with Gasteiger partial charge < -0.3 is 4.52 Å². The third kappa shape index (κ3) is 3.47. The molecule has 23 heavy (non-hydrogen) atoms. The SMILES string of the molecule is CC(C)c1cc(C(=O)c2ccc(C(C)(C)C)cc2[N+](=O)[O-])no1. The van der Waals surface area contributed by atoms with E-state index in [-0.39, 0.29) is 28.3 Å². The van der Waals surface area contributed by atoms with Crippen molar-refractivity contribution in [3.63, 3.8) is 0 Å².